The van der Waals surface area contributed by atoms with Crippen LogP contribution in [-0.2, 0) is 17.8 Å². The van der Waals surface area contributed by atoms with Gasteiger partial charge in [-0.2, -0.15) is 4.37 Å². The number of hydrogen-bond acceptors (Lipinski definition) is 5. The van der Waals surface area contributed by atoms with Crippen molar-refractivity contribution >= 4 is 22.6 Å². The van der Waals surface area contributed by atoms with Crippen LogP contribution < -0.4 is 10.2 Å². The van der Waals surface area contributed by atoms with Gasteiger partial charge >= 0.3 is 0 Å². The maximum absolute atomic E-state index is 12.5. The molecule has 0 unspecified atom stereocenters. The standard InChI is InChI=1S/C22H26N4OS/c1-3-17(2)23-21(27)16-26(15-19-12-8-5-9-13-19)22-24-20(25-28-22)14-18-10-6-4-7-11-18/h4-13,17H,3,14-16H2,1-2H3,(H,23,27)/t17-/m0/s1. The Bertz CT molecular complexity index is 867. The zero-order chi connectivity index (χ0) is 19.8. The Labute approximate surface area is 170 Å². The monoisotopic (exact) mass is 394 g/mol. The van der Waals surface area contributed by atoms with E-state index in [-0.39, 0.29) is 18.5 Å². The lowest BCUT2D eigenvalue weighted by Crippen LogP contribution is -2.40. The molecular weight excluding hydrogens is 368 g/mol. The van der Waals surface area contributed by atoms with Crippen molar-refractivity contribution in [2.24, 2.45) is 0 Å². The van der Waals surface area contributed by atoms with Gasteiger partial charge in [-0.3, -0.25) is 4.79 Å². The highest BCUT2D eigenvalue weighted by atomic mass is 32.1. The van der Waals surface area contributed by atoms with E-state index in [4.69, 9.17) is 4.98 Å². The summed E-state index contributed by atoms with van der Waals surface area (Å²) in [4.78, 5) is 19.2. The summed E-state index contributed by atoms with van der Waals surface area (Å²) >= 11 is 1.35. The molecule has 0 fully saturated rings. The van der Waals surface area contributed by atoms with E-state index in [9.17, 15) is 4.79 Å². The number of aromatic nitrogens is 2. The smallest absolute Gasteiger partial charge is 0.239 e. The van der Waals surface area contributed by atoms with Gasteiger partial charge in [-0.05, 0) is 24.5 Å². The molecule has 1 heterocycles. The third-order valence-electron chi connectivity index (χ3n) is 4.50. The molecule has 0 aliphatic rings. The van der Waals surface area contributed by atoms with Crippen LogP contribution in [0.3, 0.4) is 0 Å². The van der Waals surface area contributed by atoms with Gasteiger partial charge < -0.3 is 10.2 Å². The Morgan fingerprint density at radius 3 is 2.36 bits per heavy atom. The molecule has 1 atom stereocenters. The molecule has 6 heteroatoms. The molecule has 1 aromatic heterocycles. The molecular formula is C22H26N4OS. The van der Waals surface area contributed by atoms with Crippen LogP contribution in [0.2, 0.25) is 0 Å². The molecule has 146 valence electrons. The van der Waals surface area contributed by atoms with Gasteiger partial charge in [0.2, 0.25) is 11.0 Å². The van der Waals surface area contributed by atoms with Gasteiger partial charge in [0.15, 0.2) is 0 Å². The number of rotatable bonds is 9. The van der Waals surface area contributed by atoms with Crippen molar-refractivity contribution in [3.05, 3.63) is 77.6 Å². The van der Waals surface area contributed by atoms with E-state index in [2.05, 4.69) is 40.9 Å². The molecule has 0 saturated carbocycles. The second kappa shape index (κ2) is 9.99. The molecule has 0 bridgehead atoms. The zero-order valence-electron chi connectivity index (χ0n) is 16.3. The van der Waals surface area contributed by atoms with Gasteiger partial charge in [0.25, 0.3) is 0 Å². The normalized spacial score (nSPS) is 11.8. The van der Waals surface area contributed by atoms with Gasteiger partial charge in [-0.25, -0.2) is 4.98 Å². The summed E-state index contributed by atoms with van der Waals surface area (Å²) in [6.07, 6.45) is 1.60. The number of carbonyl (C=O) groups is 1. The highest BCUT2D eigenvalue weighted by Gasteiger charge is 2.18. The molecule has 28 heavy (non-hydrogen) atoms. The molecule has 0 aliphatic carbocycles. The van der Waals surface area contributed by atoms with Crippen LogP contribution in [0.1, 0.15) is 37.2 Å². The first-order chi connectivity index (χ1) is 13.6. The molecule has 0 aliphatic heterocycles. The van der Waals surface area contributed by atoms with E-state index in [0.717, 1.165) is 22.9 Å². The van der Waals surface area contributed by atoms with Crippen LogP contribution in [0.15, 0.2) is 60.7 Å². The molecule has 5 nitrogen and oxygen atoms in total. The average molecular weight is 395 g/mol. The van der Waals surface area contributed by atoms with Crippen molar-refractivity contribution in [2.45, 2.75) is 39.3 Å². The number of anilines is 1. The SMILES string of the molecule is CC[C@H](C)NC(=O)CN(Cc1ccccc1)c1nc(Cc2ccccc2)ns1. The summed E-state index contributed by atoms with van der Waals surface area (Å²) in [7, 11) is 0. The van der Waals surface area contributed by atoms with Crippen LogP contribution in [-0.4, -0.2) is 27.9 Å². The van der Waals surface area contributed by atoms with Gasteiger partial charge in [-0.15, -0.1) is 0 Å². The largest absolute Gasteiger partial charge is 0.352 e. The van der Waals surface area contributed by atoms with Crippen LogP contribution >= 0.6 is 11.5 Å². The van der Waals surface area contributed by atoms with Gasteiger partial charge in [0, 0.05) is 30.5 Å². The number of benzene rings is 2. The van der Waals surface area contributed by atoms with Gasteiger partial charge in [0.05, 0.1) is 6.54 Å². The summed E-state index contributed by atoms with van der Waals surface area (Å²) in [5.74, 6) is 0.789. The first-order valence-corrected chi connectivity index (χ1v) is 10.4. The fourth-order valence-electron chi connectivity index (χ4n) is 2.81. The summed E-state index contributed by atoms with van der Waals surface area (Å²) in [5, 5.41) is 3.81. The summed E-state index contributed by atoms with van der Waals surface area (Å²) < 4.78 is 4.52. The van der Waals surface area contributed by atoms with Crippen molar-refractivity contribution < 1.29 is 4.79 Å². The molecule has 0 spiro atoms. The summed E-state index contributed by atoms with van der Waals surface area (Å²) in [6.45, 7) is 4.96. The van der Waals surface area contributed by atoms with Crippen molar-refractivity contribution in [3.63, 3.8) is 0 Å². The third kappa shape index (κ3) is 5.89. The second-order valence-electron chi connectivity index (χ2n) is 6.87. The van der Waals surface area contributed by atoms with Crippen LogP contribution in [0.4, 0.5) is 5.13 Å². The minimum atomic E-state index is 0.00471. The number of carbonyl (C=O) groups excluding carboxylic acids is 1. The van der Waals surface area contributed by atoms with Gasteiger partial charge in [0.1, 0.15) is 5.82 Å². The van der Waals surface area contributed by atoms with Crippen molar-refractivity contribution in [1.29, 1.82) is 0 Å². The average Bonchev–Trinajstić information content (AvgIpc) is 3.17. The number of nitrogens with zero attached hydrogens (tertiary/aromatic N) is 3. The molecule has 0 radical (unpaired) electrons. The van der Waals surface area contributed by atoms with E-state index < -0.39 is 0 Å². The molecule has 3 rings (SSSR count). The fraction of sp³-hybridized carbons (Fsp3) is 0.318. The van der Waals surface area contributed by atoms with Gasteiger partial charge in [-0.1, -0.05) is 67.6 Å². The number of amides is 1. The number of nitrogens with one attached hydrogen (secondary N) is 1. The first-order valence-electron chi connectivity index (χ1n) is 9.58. The van der Waals surface area contributed by atoms with Crippen LogP contribution in [0, 0.1) is 0 Å². The van der Waals surface area contributed by atoms with E-state index in [0.29, 0.717) is 13.0 Å². The Morgan fingerprint density at radius 2 is 1.71 bits per heavy atom. The molecule has 2 aromatic carbocycles. The third-order valence-corrected chi connectivity index (χ3v) is 5.32. The molecule has 0 saturated heterocycles. The Hall–Kier alpha value is -2.73. The van der Waals surface area contributed by atoms with Crippen LogP contribution in [0.5, 0.6) is 0 Å². The van der Waals surface area contributed by atoms with E-state index >= 15 is 0 Å². The minimum absolute atomic E-state index is 0.00471. The zero-order valence-corrected chi connectivity index (χ0v) is 17.2. The Kier molecular flexibility index (Phi) is 7.14. The predicted molar refractivity (Wildman–Crippen MR) is 115 cm³/mol. The summed E-state index contributed by atoms with van der Waals surface area (Å²) in [5.41, 5.74) is 2.31. The maximum atomic E-state index is 12.5. The molecule has 3 aromatic rings. The minimum Gasteiger partial charge on any atom is -0.352 e. The van der Waals surface area contributed by atoms with Crippen molar-refractivity contribution in [2.75, 3.05) is 11.4 Å². The summed E-state index contributed by atoms with van der Waals surface area (Å²) in [6, 6.07) is 20.5. The highest BCUT2D eigenvalue weighted by molar-refractivity contribution is 7.09. The highest BCUT2D eigenvalue weighted by Crippen LogP contribution is 2.21. The first kappa shape index (κ1) is 20.0. The Morgan fingerprint density at radius 1 is 1.07 bits per heavy atom. The van der Waals surface area contributed by atoms with E-state index in [1.807, 2.05) is 48.2 Å². The molecule has 1 amide bonds. The quantitative estimate of drug-likeness (QED) is 0.595. The predicted octanol–water partition coefficient (Wildman–Crippen LogP) is 4.05. The Balaban J connectivity index is 1.75. The lowest BCUT2D eigenvalue weighted by molar-refractivity contribution is -0.120. The van der Waals surface area contributed by atoms with E-state index in [1.165, 1.54) is 17.1 Å². The molecule has 1 N–H and O–H groups in total. The van der Waals surface area contributed by atoms with Crippen LogP contribution in [0.25, 0.3) is 0 Å². The lowest BCUT2D eigenvalue weighted by atomic mass is 10.1. The maximum Gasteiger partial charge on any atom is 0.239 e. The van der Waals surface area contributed by atoms with Crippen molar-refractivity contribution in [3.8, 4) is 0 Å². The number of hydrogen-bond donors (Lipinski definition) is 1. The second-order valence-corrected chi connectivity index (χ2v) is 7.60. The topological polar surface area (TPSA) is 58.1 Å². The van der Waals surface area contributed by atoms with E-state index in [1.54, 1.807) is 0 Å². The lowest BCUT2D eigenvalue weighted by Gasteiger charge is -2.22. The van der Waals surface area contributed by atoms with Crippen molar-refractivity contribution in [1.82, 2.24) is 14.7 Å². The fourth-order valence-corrected chi connectivity index (χ4v) is 3.50.